The summed E-state index contributed by atoms with van der Waals surface area (Å²) in [4.78, 5) is 6.78. The Hall–Kier alpha value is -2.02. The van der Waals surface area contributed by atoms with E-state index in [-0.39, 0.29) is 31.4 Å². The van der Waals surface area contributed by atoms with Gasteiger partial charge in [0, 0.05) is 0 Å². The molecule has 0 radical (unpaired) electrons. The third-order valence-corrected chi connectivity index (χ3v) is 76.2. The molecule has 0 saturated carbocycles. The van der Waals surface area contributed by atoms with E-state index in [1.807, 2.05) is 24.3 Å². The molecule has 0 bridgehead atoms. The first-order chi connectivity index (χ1) is 19.7. The molecular formula is C34H24F4FeP2. The molecule has 0 amide bonds. The van der Waals surface area contributed by atoms with Crippen molar-refractivity contribution in [2.24, 2.45) is 0 Å². The van der Waals surface area contributed by atoms with Crippen LogP contribution in [0.25, 0.3) is 0 Å². The first-order valence-corrected chi connectivity index (χ1v) is 23.4. The third kappa shape index (κ3) is 0.577. The van der Waals surface area contributed by atoms with Gasteiger partial charge in [-0.1, -0.05) is 0 Å². The van der Waals surface area contributed by atoms with Gasteiger partial charge in [0.1, 0.15) is 0 Å². The molecule has 7 heteroatoms. The maximum absolute atomic E-state index is 14.9. The molecule has 10 heterocycles. The minimum absolute atomic E-state index is 0.213. The van der Waals surface area contributed by atoms with Gasteiger partial charge >= 0.3 is 228 Å². The van der Waals surface area contributed by atoms with Crippen LogP contribution in [0.2, 0.25) is 38.5 Å². The van der Waals surface area contributed by atoms with Crippen LogP contribution in [0.15, 0.2) is 97.1 Å². The fraction of sp³-hybridized carbons (Fsp3) is 0.294. The van der Waals surface area contributed by atoms with Gasteiger partial charge in [-0.15, -0.1) is 0 Å². The summed E-state index contributed by atoms with van der Waals surface area (Å²) >= 11 is 0. The second-order valence-corrected chi connectivity index (χ2v) is 45.2. The van der Waals surface area contributed by atoms with Crippen molar-refractivity contribution < 1.29 is 24.1 Å². The third-order valence-electron chi connectivity index (χ3n) is 19.6. The van der Waals surface area contributed by atoms with Gasteiger partial charge < -0.3 is 0 Å². The molecular weight excluding hydrogens is 602 g/mol. The minimum atomic E-state index is -4.41. The summed E-state index contributed by atoms with van der Waals surface area (Å²) in [6, 6.07) is 28.9. The van der Waals surface area contributed by atoms with E-state index in [0.29, 0.717) is 0 Å². The topological polar surface area (TPSA) is 0 Å². The zero-order valence-corrected chi connectivity index (χ0v) is 24.5. The molecule has 0 N–H and O–H groups in total. The van der Waals surface area contributed by atoms with Crippen LogP contribution in [0.4, 0.5) is 17.6 Å². The number of fused-ring (bicyclic) bond motifs is 10. The molecule has 41 heavy (non-hydrogen) atoms. The number of halogens is 4. The summed E-state index contributed by atoms with van der Waals surface area (Å²) in [6.45, 7) is -4.41. The van der Waals surface area contributed by atoms with Crippen molar-refractivity contribution in [1.29, 1.82) is 0 Å². The van der Waals surface area contributed by atoms with Crippen LogP contribution in [-0.2, 0) is 6.51 Å². The molecule has 4 aromatic rings. The first kappa shape index (κ1) is 20.8. The zero-order valence-electron chi connectivity index (χ0n) is 21.6. The molecule has 8 unspecified atom stereocenters. The second-order valence-electron chi connectivity index (χ2n) is 16.3. The van der Waals surface area contributed by atoms with E-state index in [0.717, 1.165) is 59.7 Å². The van der Waals surface area contributed by atoms with Crippen molar-refractivity contribution in [2.75, 3.05) is 0 Å². The van der Waals surface area contributed by atoms with Gasteiger partial charge in [0.05, 0.1) is 0 Å². The molecule has 10 fully saturated rings. The number of rotatable bonds is 6. The van der Waals surface area contributed by atoms with E-state index in [2.05, 4.69) is 24.3 Å². The summed E-state index contributed by atoms with van der Waals surface area (Å²) in [5.41, 5.74) is 0. The van der Waals surface area contributed by atoms with Gasteiger partial charge in [-0.2, -0.15) is 0 Å². The normalized spacial score (nSPS) is 58.2. The quantitative estimate of drug-likeness (QED) is 0.116. The summed E-state index contributed by atoms with van der Waals surface area (Å²) < 4.78 is 60.1. The van der Waals surface area contributed by atoms with E-state index in [9.17, 15) is 17.6 Å². The van der Waals surface area contributed by atoms with Crippen LogP contribution in [0, 0.1) is 23.3 Å². The van der Waals surface area contributed by atoms with E-state index < -0.39 is 22.4 Å². The summed E-state index contributed by atoms with van der Waals surface area (Å²) in [6.07, 6.45) is 0. The standard InChI is InChI=1S/2C17H12F2P.Fe/c2*18-13-5-3-9-16(11-13)20(15-7-1-2-8-15)17-10-4-6-14(19)12-17;/h2*1-12H;. The van der Waals surface area contributed by atoms with Gasteiger partial charge in [0.25, 0.3) is 0 Å². The van der Waals surface area contributed by atoms with Crippen molar-refractivity contribution in [3.05, 3.63) is 120 Å². The summed E-state index contributed by atoms with van der Waals surface area (Å²) in [5, 5.41) is 4.31. The Bertz CT molecular complexity index is 2170. The number of hydrogen-bond acceptors (Lipinski definition) is 0. The Morgan fingerprint density at radius 2 is 0.707 bits per heavy atom. The molecule has 0 aromatic heterocycles. The van der Waals surface area contributed by atoms with E-state index >= 15 is 0 Å². The van der Waals surface area contributed by atoms with Crippen molar-refractivity contribution in [1.82, 2.24) is 0 Å². The predicted octanol–water partition coefficient (Wildman–Crippen LogP) is 8.01. The van der Waals surface area contributed by atoms with Gasteiger partial charge in [-0.25, -0.2) is 0 Å². The fourth-order valence-corrected chi connectivity index (χ4v) is 126. The molecule has 14 rings (SSSR count). The van der Waals surface area contributed by atoms with Gasteiger partial charge in [-0.05, 0) is 0 Å². The number of benzene rings is 4. The second kappa shape index (κ2) is 3.33. The van der Waals surface area contributed by atoms with Crippen molar-refractivity contribution >= 4 is 37.1 Å². The molecule has 10 saturated heterocycles. The molecule has 0 aliphatic carbocycles. The average Bonchev–Trinajstić information content (AvgIpc) is 3.90. The molecule has 10 aliphatic heterocycles. The molecule has 4 aromatic carbocycles. The Kier molecular flexibility index (Phi) is 1.69. The van der Waals surface area contributed by atoms with Crippen LogP contribution >= 0.6 is 15.8 Å². The van der Waals surface area contributed by atoms with E-state index in [1.54, 1.807) is 24.3 Å². The number of hydrogen-bond donors (Lipinski definition) is 0. The Morgan fingerprint density at radius 1 is 0.439 bits per heavy atom. The van der Waals surface area contributed by atoms with Crippen LogP contribution in [0.1, 0.15) is 0 Å². The first-order valence-electron chi connectivity index (χ1n) is 14.5. The maximum atomic E-state index is 14.9. The summed E-state index contributed by atoms with van der Waals surface area (Å²) in [5.74, 6) is -0.853. The summed E-state index contributed by atoms with van der Waals surface area (Å²) in [7, 11) is -1.85. The van der Waals surface area contributed by atoms with Crippen LogP contribution in [0.5, 0.6) is 0 Å². The van der Waals surface area contributed by atoms with Gasteiger partial charge in [0.15, 0.2) is 0 Å². The molecule has 0 nitrogen and oxygen atoms in total. The SMILES string of the molecule is Fc1cccc(P(c2cccc(F)c2)[C]23[CH]4[CH]5[CH]6[CH]2[Fe]56432789[CH]3[CH]2[CH]7[C]8(P(c2cccc(F)c2)c2cccc(F)c2)[CH]39)c1. The fourth-order valence-electron chi connectivity index (χ4n) is 21.1. The monoisotopic (exact) mass is 626 g/mol. The van der Waals surface area contributed by atoms with Gasteiger partial charge in [0.2, 0.25) is 0 Å². The van der Waals surface area contributed by atoms with E-state index in [1.165, 1.54) is 24.3 Å². The molecule has 206 valence electrons. The Morgan fingerprint density at radius 3 is 0.927 bits per heavy atom. The van der Waals surface area contributed by atoms with Crippen molar-refractivity contribution in [2.45, 2.75) is 46.6 Å². The van der Waals surface area contributed by atoms with Gasteiger partial charge in [-0.3, -0.25) is 0 Å². The van der Waals surface area contributed by atoms with E-state index in [4.69, 9.17) is 0 Å². The molecule has 1 spiro atoms. The Labute approximate surface area is 227 Å². The predicted molar refractivity (Wildman–Crippen MR) is 153 cm³/mol. The average molecular weight is 626 g/mol. The van der Waals surface area contributed by atoms with Crippen LogP contribution in [0.3, 0.4) is 0 Å². The zero-order chi connectivity index (χ0) is 27.0. The van der Waals surface area contributed by atoms with Crippen molar-refractivity contribution in [3.8, 4) is 0 Å². The Balaban J connectivity index is 1.10. The molecule has 10 aliphatic rings. The van der Waals surface area contributed by atoms with Crippen LogP contribution < -0.4 is 21.2 Å². The van der Waals surface area contributed by atoms with Crippen LogP contribution in [-0.4, -0.2) is 8.11 Å². The molecule has 8 atom stereocenters. The van der Waals surface area contributed by atoms with Crippen molar-refractivity contribution in [3.63, 3.8) is 0 Å².